The van der Waals surface area contributed by atoms with Crippen LogP contribution in [0.5, 0.6) is 0 Å². The van der Waals surface area contributed by atoms with Crippen molar-refractivity contribution in [3.63, 3.8) is 0 Å². The van der Waals surface area contributed by atoms with Crippen molar-refractivity contribution in [2.24, 2.45) is 11.1 Å². The molecule has 0 bridgehead atoms. The van der Waals surface area contributed by atoms with Crippen LogP contribution in [0.1, 0.15) is 27.2 Å². The molecule has 0 radical (unpaired) electrons. The van der Waals surface area contributed by atoms with Crippen LogP contribution in [0, 0.1) is 5.92 Å². The van der Waals surface area contributed by atoms with Crippen LogP contribution < -0.4 is 10.6 Å². The highest BCUT2D eigenvalue weighted by Gasteiger charge is 2.01. The highest BCUT2D eigenvalue weighted by molar-refractivity contribution is 5.77. The summed E-state index contributed by atoms with van der Waals surface area (Å²) >= 11 is 0. The van der Waals surface area contributed by atoms with Crippen molar-refractivity contribution >= 4 is 18.0 Å². The molecule has 116 valence electrons. The molecule has 0 heterocycles. The molecular weight excluding hydrogens is 262 g/mol. The van der Waals surface area contributed by atoms with Crippen LogP contribution in [0.25, 0.3) is 0 Å². The molecule has 1 atom stereocenters. The molecule has 0 saturated heterocycles. The lowest BCUT2D eigenvalue weighted by Gasteiger charge is -2.09. The van der Waals surface area contributed by atoms with E-state index in [9.17, 15) is 9.59 Å². The second-order valence-electron chi connectivity index (χ2n) is 4.44. The van der Waals surface area contributed by atoms with Crippen LogP contribution in [0.2, 0.25) is 0 Å². The molecule has 1 unspecified atom stereocenters. The normalized spacial score (nSPS) is 12.2. The minimum atomic E-state index is -0.256. The van der Waals surface area contributed by atoms with E-state index in [-0.39, 0.29) is 25.0 Å². The summed E-state index contributed by atoms with van der Waals surface area (Å²) in [4.78, 5) is 26.6. The van der Waals surface area contributed by atoms with E-state index in [0.29, 0.717) is 25.7 Å². The lowest BCUT2D eigenvalue weighted by atomic mass is 10.1. The summed E-state index contributed by atoms with van der Waals surface area (Å²) in [6.07, 6.45) is 2.46. The maximum absolute atomic E-state index is 11.3. The van der Waals surface area contributed by atoms with Gasteiger partial charge in [0.05, 0.1) is 19.4 Å². The van der Waals surface area contributed by atoms with Crippen molar-refractivity contribution in [1.82, 2.24) is 10.6 Å². The molecule has 20 heavy (non-hydrogen) atoms. The Balaban J connectivity index is 3.39. The van der Waals surface area contributed by atoms with Crippen molar-refractivity contribution in [2.45, 2.75) is 27.2 Å². The third kappa shape index (κ3) is 12.8. The Morgan fingerprint density at radius 2 is 2.10 bits per heavy atom. The molecule has 0 aliphatic rings. The van der Waals surface area contributed by atoms with Gasteiger partial charge in [-0.25, -0.2) is 0 Å². The first-order chi connectivity index (χ1) is 9.56. The van der Waals surface area contributed by atoms with Gasteiger partial charge in [-0.15, -0.1) is 0 Å². The molecule has 0 rings (SSSR count). The number of ether oxygens (including phenoxy) is 1. The van der Waals surface area contributed by atoms with Crippen LogP contribution in [-0.2, 0) is 19.2 Å². The minimum absolute atomic E-state index is 0.147. The number of amides is 2. The number of carbonyl (C=O) groups is 2. The largest absolute Gasteiger partial charge is 0.386 e. The van der Waals surface area contributed by atoms with Crippen molar-refractivity contribution in [1.29, 1.82) is 0 Å². The zero-order valence-electron chi connectivity index (χ0n) is 12.5. The Morgan fingerprint density at radius 1 is 1.35 bits per heavy atom. The van der Waals surface area contributed by atoms with Gasteiger partial charge < -0.3 is 20.2 Å². The van der Waals surface area contributed by atoms with Gasteiger partial charge in [-0.05, 0) is 5.92 Å². The highest BCUT2D eigenvalue weighted by Crippen LogP contribution is 1.99. The van der Waals surface area contributed by atoms with Gasteiger partial charge in [-0.3, -0.25) is 9.59 Å². The van der Waals surface area contributed by atoms with Gasteiger partial charge in [0.15, 0.2) is 6.61 Å². The Kier molecular flexibility index (Phi) is 11.4. The topological polar surface area (TPSA) is 89.0 Å². The molecule has 7 heteroatoms. The van der Waals surface area contributed by atoms with Gasteiger partial charge in [0.1, 0.15) is 0 Å². The summed E-state index contributed by atoms with van der Waals surface area (Å²) in [7, 11) is 0. The van der Waals surface area contributed by atoms with Crippen LogP contribution in [0.3, 0.4) is 0 Å². The fraction of sp³-hybridized carbons (Fsp3) is 0.769. The van der Waals surface area contributed by atoms with E-state index < -0.39 is 0 Å². The average Bonchev–Trinajstić information content (AvgIpc) is 2.41. The summed E-state index contributed by atoms with van der Waals surface area (Å²) in [5, 5.41) is 8.69. The van der Waals surface area contributed by atoms with Crippen molar-refractivity contribution < 1.29 is 19.2 Å². The number of rotatable bonds is 11. The van der Waals surface area contributed by atoms with E-state index in [4.69, 9.17) is 9.57 Å². The zero-order chi connectivity index (χ0) is 15.2. The highest BCUT2D eigenvalue weighted by atomic mass is 16.6. The molecule has 2 N–H and O–H groups in total. The maximum Gasteiger partial charge on any atom is 0.260 e. The number of oxime groups is 1. The van der Waals surface area contributed by atoms with Gasteiger partial charge in [0, 0.05) is 20.1 Å². The minimum Gasteiger partial charge on any atom is -0.386 e. The van der Waals surface area contributed by atoms with Crippen molar-refractivity contribution in [3.8, 4) is 0 Å². The van der Waals surface area contributed by atoms with E-state index in [1.807, 2.05) is 0 Å². The average molecular weight is 287 g/mol. The molecule has 0 spiro atoms. The van der Waals surface area contributed by atoms with E-state index in [0.717, 1.165) is 6.42 Å². The Bertz CT molecular complexity index is 308. The van der Waals surface area contributed by atoms with E-state index >= 15 is 0 Å². The smallest absolute Gasteiger partial charge is 0.260 e. The van der Waals surface area contributed by atoms with E-state index in [1.54, 1.807) is 0 Å². The van der Waals surface area contributed by atoms with Crippen molar-refractivity contribution in [2.75, 3.05) is 32.9 Å². The zero-order valence-corrected chi connectivity index (χ0v) is 12.5. The quantitative estimate of drug-likeness (QED) is 0.325. The monoisotopic (exact) mass is 287 g/mol. The summed E-state index contributed by atoms with van der Waals surface area (Å²) in [6.45, 7) is 7.41. The molecule has 2 amide bonds. The Hall–Kier alpha value is -1.63. The second kappa shape index (κ2) is 12.4. The summed E-state index contributed by atoms with van der Waals surface area (Å²) in [5.41, 5.74) is 0. The Labute approximate surface area is 120 Å². The predicted molar refractivity (Wildman–Crippen MR) is 76.4 cm³/mol. The third-order valence-electron chi connectivity index (χ3n) is 2.45. The molecule has 0 aromatic carbocycles. The van der Waals surface area contributed by atoms with E-state index in [2.05, 4.69) is 29.6 Å². The lowest BCUT2D eigenvalue weighted by molar-refractivity contribution is -0.126. The first-order valence-electron chi connectivity index (χ1n) is 6.78. The summed E-state index contributed by atoms with van der Waals surface area (Å²) in [5.74, 6) is 0.132. The number of nitrogens with zero attached hydrogens (tertiary/aromatic N) is 1. The first-order valence-corrected chi connectivity index (χ1v) is 6.78. The van der Waals surface area contributed by atoms with E-state index in [1.165, 1.54) is 13.1 Å². The van der Waals surface area contributed by atoms with Crippen LogP contribution in [0.4, 0.5) is 0 Å². The number of carbonyl (C=O) groups excluding carboxylic acids is 2. The van der Waals surface area contributed by atoms with Crippen LogP contribution in [-0.4, -0.2) is 50.9 Å². The number of nitrogens with one attached hydrogen (secondary N) is 2. The molecule has 0 aromatic rings. The van der Waals surface area contributed by atoms with Gasteiger partial charge in [-0.2, -0.15) is 0 Å². The second-order valence-corrected chi connectivity index (χ2v) is 4.44. The fourth-order valence-electron chi connectivity index (χ4n) is 1.09. The molecule has 0 aromatic heterocycles. The SMILES string of the molecule is CCC(C)COCCNC(=O)CO/N=C\CNC(C)=O. The van der Waals surface area contributed by atoms with Crippen LogP contribution in [0.15, 0.2) is 5.16 Å². The molecule has 0 fully saturated rings. The summed E-state index contributed by atoms with van der Waals surface area (Å²) < 4.78 is 5.39. The van der Waals surface area contributed by atoms with Crippen LogP contribution >= 0.6 is 0 Å². The standard InChI is InChI=1S/C13H25N3O4/c1-4-11(2)9-19-8-7-15-13(18)10-20-16-6-5-14-12(3)17/h6,11H,4-5,7-10H2,1-3H3,(H,14,17)(H,15,18)/b16-6-. The molecule has 0 aliphatic heterocycles. The third-order valence-corrected chi connectivity index (χ3v) is 2.45. The molecule has 0 aliphatic carbocycles. The molecule has 7 nitrogen and oxygen atoms in total. The van der Waals surface area contributed by atoms with Gasteiger partial charge in [0.25, 0.3) is 5.91 Å². The molecular formula is C13H25N3O4. The Morgan fingerprint density at radius 3 is 2.75 bits per heavy atom. The molecule has 0 saturated carbocycles. The lowest BCUT2D eigenvalue weighted by Crippen LogP contribution is -2.30. The fourth-order valence-corrected chi connectivity index (χ4v) is 1.09. The number of hydrogen-bond donors (Lipinski definition) is 2. The van der Waals surface area contributed by atoms with Gasteiger partial charge in [-0.1, -0.05) is 25.4 Å². The predicted octanol–water partition coefficient (Wildman–Crippen LogP) is 0.304. The number of hydrogen-bond acceptors (Lipinski definition) is 5. The maximum atomic E-state index is 11.3. The van der Waals surface area contributed by atoms with Crippen molar-refractivity contribution in [3.05, 3.63) is 0 Å². The van der Waals surface area contributed by atoms with Gasteiger partial charge >= 0.3 is 0 Å². The summed E-state index contributed by atoms with van der Waals surface area (Å²) in [6, 6.07) is 0. The van der Waals surface area contributed by atoms with Gasteiger partial charge in [0.2, 0.25) is 5.91 Å². The first kappa shape index (κ1) is 18.4.